The Morgan fingerprint density at radius 2 is 1.26 bits per heavy atom. The van der Waals surface area contributed by atoms with Crippen molar-refractivity contribution in [3.05, 3.63) is 132 Å². The van der Waals surface area contributed by atoms with Gasteiger partial charge in [0.15, 0.2) is 0 Å². The van der Waals surface area contributed by atoms with E-state index in [2.05, 4.69) is 135 Å². The molecule has 0 amide bonds. The van der Waals surface area contributed by atoms with Gasteiger partial charge in [0.25, 0.3) is 0 Å². The topological polar surface area (TPSA) is 0 Å². The van der Waals surface area contributed by atoms with E-state index in [9.17, 15) is 0 Å². The van der Waals surface area contributed by atoms with Gasteiger partial charge in [-0.1, -0.05) is 134 Å². The second-order valence-corrected chi connectivity index (χ2v) is 10.8. The lowest BCUT2D eigenvalue weighted by molar-refractivity contribution is 0.780. The van der Waals surface area contributed by atoms with E-state index in [1.165, 1.54) is 55.8 Å². The Balaban J connectivity index is 1.51. The SMILES string of the molecule is CC=CC/C=C(/CCc1ccc2c(-c3ccccc3)c3ccccc3c(-c3ccccc3)c2c1)C1CC1C. The van der Waals surface area contributed by atoms with Gasteiger partial charge in [-0.15, -0.1) is 0 Å². The number of aryl methyl sites for hydroxylation is 1. The van der Waals surface area contributed by atoms with Crippen LogP contribution >= 0.6 is 0 Å². The minimum atomic E-state index is 0.786. The molecule has 0 N–H and O–H groups in total. The molecule has 1 aliphatic rings. The van der Waals surface area contributed by atoms with Crippen LogP contribution in [0.5, 0.6) is 0 Å². The molecule has 0 spiro atoms. The highest BCUT2D eigenvalue weighted by Gasteiger charge is 2.35. The molecule has 2 unspecified atom stereocenters. The molecule has 0 aliphatic heterocycles. The monoisotopic (exact) mass is 492 g/mol. The molecule has 1 aliphatic carbocycles. The van der Waals surface area contributed by atoms with E-state index in [-0.39, 0.29) is 0 Å². The average Bonchev–Trinajstić information content (AvgIpc) is 3.70. The standard InChI is InChI=1S/C38H36/c1-3-4-7-14-29(35-25-27(35)2)23-21-28-22-24-34-36(26-28)38(31-17-10-6-11-18-31)33-20-13-12-19-32(33)37(34)30-15-8-5-9-16-30/h3-6,8-20,22,24,26-27,35H,7,21,23,25H2,1-2H3/b4-3?,29-14-. The Morgan fingerprint density at radius 1 is 0.711 bits per heavy atom. The fraction of sp³-hybridized carbons (Fsp3) is 0.211. The molecule has 0 heterocycles. The number of hydrogen-bond acceptors (Lipinski definition) is 0. The number of rotatable bonds is 8. The molecule has 0 heteroatoms. The van der Waals surface area contributed by atoms with Crippen molar-refractivity contribution in [1.82, 2.24) is 0 Å². The lowest BCUT2D eigenvalue weighted by Crippen LogP contribution is -1.95. The van der Waals surface area contributed by atoms with Gasteiger partial charge in [0.1, 0.15) is 0 Å². The molecule has 0 aromatic heterocycles. The third kappa shape index (κ3) is 4.84. The van der Waals surface area contributed by atoms with E-state index in [0.717, 1.165) is 31.1 Å². The van der Waals surface area contributed by atoms with Gasteiger partial charge in [0.2, 0.25) is 0 Å². The third-order valence-electron chi connectivity index (χ3n) is 8.25. The molecular weight excluding hydrogens is 456 g/mol. The highest BCUT2D eigenvalue weighted by molar-refractivity contribution is 6.21. The second-order valence-electron chi connectivity index (χ2n) is 10.8. The summed E-state index contributed by atoms with van der Waals surface area (Å²) in [7, 11) is 0. The molecule has 38 heavy (non-hydrogen) atoms. The highest BCUT2D eigenvalue weighted by atomic mass is 14.4. The molecule has 0 bridgehead atoms. The molecule has 2 atom stereocenters. The molecule has 5 aromatic rings. The summed E-state index contributed by atoms with van der Waals surface area (Å²) in [4.78, 5) is 0. The Kier molecular flexibility index (Phi) is 6.97. The fourth-order valence-electron chi connectivity index (χ4n) is 6.13. The summed E-state index contributed by atoms with van der Waals surface area (Å²) in [6, 6.07) is 38.0. The Hall–Kier alpha value is -3.90. The van der Waals surface area contributed by atoms with Gasteiger partial charge < -0.3 is 0 Å². The summed E-state index contributed by atoms with van der Waals surface area (Å²) in [5.41, 5.74) is 8.32. The van der Waals surface area contributed by atoms with Crippen molar-refractivity contribution in [2.75, 3.05) is 0 Å². The fourth-order valence-corrected chi connectivity index (χ4v) is 6.13. The summed E-state index contributed by atoms with van der Waals surface area (Å²) in [5, 5.41) is 5.32. The molecule has 1 fully saturated rings. The maximum atomic E-state index is 2.49. The van der Waals surface area contributed by atoms with Crippen molar-refractivity contribution < 1.29 is 0 Å². The highest BCUT2D eigenvalue weighted by Crippen LogP contribution is 2.46. The molecule has 0 saturated heterocycles. The quantitative estimate of drug-likeness (QED) is 0.149. The third-order valence-corrected chi connectivity index (χ3v) is 8.25. The second kappa shape index (κ2) is 10.8. The molecule has 188 valence electrons. The van der Waals surface area contributed by atoms with Crippen LogP contribution in [0.4, 0.5) is 0 Å². The number of fused-ring (bicyclic) bond motifs is 2. The Bertz CT molecular complexity index is 1620. The van der Waals surface area contributed by atoms with Crippen LogP contribution in [-0.4, -0.2) is 0 Å². The van der Waals surface area contributed by atoms with Crippen LogP contribution in [0.3, 0.4) is 0 Å². The van der Waals surface area contributed by atoms with Crippen molar-refractivity contribution in [2.45, 2.75) is 39.5 Å². The number of allylic oxidation sites excluding steroid dienone is 4. The van der Waals surface area contributed by atoms with Crippen molar-refractivity contribution in [3.8, 4) is 22.3 Å². The Morgan fingerprint density at radius 3 is 1.84 bits per heavy atom. The first kappa shape index (κ1) is 24.4. The summed E-state index contributed by atoms with van der Waals surface area (Å²) in [5.74, 6) is 1.63. The van der Waals surface area contributed by atoms with E-state index >= 15 is 0 Å². The van der Waals surface area contributed by atoms with Gasteiger partial charge in [-0.25, -0.2) is 0 Å². The van der Waals surface area contributed by atoms with Gasteiger partial charge in [-0.3, -0.25) is 0 Å². The van der Waals surface area contributed by atoms with Gasteiger partial charge >= 0.3 is 0 Å². The maximum Gasteiger partial charge on any atom is -0.00263 e. The van der Waals surface area contributed by atoms with Crippen LogP contribution in [0.15, 0.2) is 127 Å². The molecular formula is C38H36. The summed E-state index contributed by atoms with van der Waals surface area (Å²) in [6.45, 7) is 4.51. The zero-order chi connectivity index (χ0) is 25.9. The average molecular weight is 493 g/mol. The van der Waals surface area contributed by atoms with Gasteiger partial charge in [0.05, 0.1) is 0 Å². The first-order valence-electron chi connectivity index (χ1n) is 14.1. The van der Waals surface area contributed by atoms with Gasteiger partial charge in [0, 0.05) is 0 Å². The summed E-state index contributed by atoms with van der Waals surface area (Å²) >= 11 is 0. The van der Waals surface area contributed by atoms with Crippen LogP contribution in [-0.2, 0) is 6.42 Å². The molecule has 1 saturated carbocycles. The van der Waals surface area contributed by atoms with Crippen LogP contribution in [0, 0.1) is 11.8 Å². The van der Waals surface area contributed by atoms with Crippen LogP contribution in [0.2, 0.25) is 0 Å². The minimum Gasteiger partial charge on any atom is -0.0914 e. The van der Waals surface area contributed by atoms with Crippen LogP contribution < -0.4 is 0 Å². The van der Waals surface area contributed by atoms with E-state index in [0.29, 0.717) is 0 Å². The molecule has 0 nitrogen and oxygen atoms in total. The van der Waals surface area contributed by atoms with Crippen molar-refractivity contribution in [3.63, 3.8) is 0 Å². The first-order valence-corrected chi connectivity index (χ1v) is 14.1. The van der Waals surface area contributed by atoms with E-state index < -0.39 is 0 Å². The van der Waals surface area contributed by atoms with Crippen molar-refractivity contribution in [1.29, 1.82) is 0 Å². The Labute approximate surface area is 227 Å². The lowest BCUT2D eigenvalue weighted by Gasteiger charge is -2.19. The van der Waals surface area contributed by atoms with Gasteiger partial charge in [-0.05, 0) is 93.8 Å². The van der Waals surface area contributed by atoms with Crippen LogP contribution in [0.1, 0.15) is 38.7 Å². The predicted octanol–water partition coefficient (Wildman–Crippen LogP) is 10.8. The molecule has 6 rings (SSSR count). The van der Waals surface area contributed by atoms with Gasteiger partial charge in [-0.2, -0.15) is 0 Å². The zero-order valence-electron chi connectivity index (χ0n) is 22.5. The lowest BCUT2D eigenvalue weighted by atomic mass is 9.85. The zero-order valence-corrected chi connectivity index (χ0v) is 22.5. The van der Waals surface area contributed by atoms with E-state index in [1.54, 1.807) is 5.57 Å². The first-order chi connectivity index (χ1) is 18.7. The van der Waals surface area contributed by atoms with E-state index in [4.69, 9.17) is 0 Å². The number of hydrogen-bond donors (Lipinski definition) is 0. The summed E-state index contributed by atoms with van der Waals surface area (Å²) < 4.78 is 0. The van der Waals surface area contributed by atoms with Crippen molar-refractivity contribution >= 4 is 21.5 Å². The molecule has 5 aromatic carbocycles. The smallest absolute Gasteiger partial charge is 0.00263 e. The largest absolute Gasteiger partial charge is 0.0914 e. The maximum absolute atomic E-state index is 2.49. The minimum absolute atomic E-state index is 0.786. The molecule has 0 radical (unpaired) electrons. The number of benzene rings is 5. The van der Waals surface area contributed by atoms with E-state index in [1.807, 2.05) is 0 Å². The van der Waals surface area contributed by atoms with Crippen molar-refractivity contribution in [2.24, 2.45) is 11.8 Å². The normalized spacial score (nSPS) is 17.5. The summed E-state index contributed by atoms with van der Waals surface area (Å²) in [6.07, 6.45) is 11.6. The van der Waals surface area contributed by atoms with Crippen LogP contribution in [0.25, 0.3) is 43.8 Å². The predicted molar refractivity (Wildman–Crippen MR) is 165 cm³/mol.